The number of nitrogens with zero attached hydrogens (tertiary/aromatic N) is 1. The maximum Gasteiger partial charge on any atom is 0.126 e. The number of ether oxygens (including phenoxy) is 1. The van der Waals surface area contributed by atoms with Crippen LogP contribution in [-0.2, 0) is 19.7 Å². The Labute approximate surface area is 202 Å². The summed E-state index contributed by atoms with van der Waals surface area (Å²) in [5.41, 5.74) is 12.9. The van der Waals surface area contributed by atoms with E-state index >= 15 is 0 Å². The monoisotopic (exact) mass is 497 g/mol. The highest BCUT2D eigenvalue weighted by Crippen LogP contribution is 2.32. The molecule has 0 heterocycles. The molecule has 0 unspecified atom stereocenters. The van der Waals surface area contributed by atoms with Crippen molar-refractivity contribution in [1.82, 2.24) is 0 Å². The van der Waals surface area contributed by atoms with Crippen molar-refractivity contribution in [1.29, 1.82) is 5.26 Å². The van der Waals surface area contributed by atoms with Gasteiger partial charge in [0.1, 0.15) is 12.4 Å². The largest absolute Gasteiger partial charge is 0.488 e. The van der Waals surface area contributed by atoms with E-state index in [1.54, 1.807) is 6.07 Å². The first-order chi connectivity index (χ1) is 16.2. The van der Waals surface area contributed by atoms with Crippen LogP contribution in [0.15, 0.2) is 95.5 Å². The zero-order chi connectivity index (χ0) is 23.0. The molecule has 0 radical (unpaired) electrons. The lowest BCUT2D eigenvalue weighted by Crippen LogP contribution is -2.05. The van der Waals surface area contributed by atoms with Gasteiger partial charge in [-0.2, -0.15) is 5.26 Å². The van der Waals surface area contributed by atoms with Crippen molar-refractivity contribution in [3.8, 4) is 22.9 Å². The van der Waals surface area contributed by atoms with Crippen molar-refractivity contribution in [3.63, 3.8) is 0 Å². The molecule has 4 rings (SSSR count). The van der Waals surface area contributed by atoms with Crippen molar-refractivity contribution < 1.29 is 4.74 Å². The Morgan fingerprint density at radius 3 is 2.48 bits per heavy atom. The first-order valence-corrected chi connectivity index (χ1v) is 11.5. The average molecular weight is 498 g/mol. The van der Waals surface area contributed by atoms with Crippen LogP contribution in [0.4, 0.5) is 5.69 Å². The number of halogens is 1. The summed E-state index contributed by atoms with van der Waals surface area (Å²) in [6.07, 6.45) is 0. The molecule has 4 aromatic rings. The number of benzene rings is 4. The molecule has 4 nitrogen and oxygen atoms in total. The van der Waals surface area contributed by atoms with Gasteiger partial charge in [-0.3, -0.25) is 0 Å². The van der Waals surface area contributed by atoms with E-state index in [1.807, 2.05) is 54.6 Å². The second-order valence-electron chi connectivity index (χ2n) is 7.63. The minimum absolute atomic E-state index is 0.372. The molecule has 0 aliphatic carbocycles. The normalized spacial score (nSPS) is 10.5. The standard InChI is InChI=1S/C28H24BrN3O/c29-28-24(10-5-11-26(28)22-8-2-1-3-9-22)18-32-25-13-12-23(17-31)27(15-25)33-19-21-7-4-6-20(14-21)16-30/h1-15,32H,17-19,31H2. The Morgan fingerprint density at radius 2 is 1.70 bits per heavy atom. The van der Waals surface area contributed by atoms with Gasteiger partial charge >= 0.3 is 0 Å². The summed E-state index contributed by atoms with van der Waals surface area (Å²) in [4.78, 5) is 0. The van der Waals surface area contributed by atoms with Gasteiger partial charge in [0.05, 0.1) is 11.6 Å². The highest BCUT2D eigenvalue weighted by molar-refractivity contribution is 9.10. The molecule has 0 amide bonds. The number of nitrogens with one attached hydrogen (secondary N) is 1. The van der Waals surface area contributed by atoms with Crippen LogP contribution in [0.25, 0.3) is 11.1 Å². The molecular weight excluding hydrogens is 474 g/mol. The molecule has 0 fully saturated rings. The van der Waals surface area contributed by atoms with Crippen LogP contribution in [-0.4, -0.2) is 0 Å². The molecule has 164 valence electrons. The second-order valence-corrected chi connectivity index (χ2v) is 8.42. The van der Waals surface area contributed by atoms with Gasteiger partial charge in [0.2, 0.25) is 0 Å². The Kier molecular flexibility index (Phi) is 7.41. The smallest absolute Gasteiger partial charge is 0.126 e. The molecule has 0 saturated carbocycles. The van der Waals surface area contributed by atoms with Crippen LogP contribution in [0.1, 0.15) is 22.3 Å². The summed E-state index contributed by atoms with van der Waals surface area (Å²) in [7, 11) is 0. The van der Waals surface area contributed by atoms with Gasteiger partial charge in [-0.05, 0) is 56.4 Å². The third-order valence-electron chi connectivity index (χ3n) is 5.38. The summed E-state index contributed by atoms with van der Waals surface area (Å²) in [6.45, 7) is 1.42. The topological polar surface area (TPSA) is 71.1 Å². The molecule has 0 saturated heterocycles. The van der Waals surface area contributed by atoms with E-state index in [4.69, 9.17) is 15.7 Å². The number of hydrogen-bond donors (Lipinski definition) is 2. The molecule has 0 aliphatic heterocycles. The lowest BCUT2D eigenvalue weighted by molar-refractivity contribution is 0.303. The number of nitrogens with two attached hydrogens (primary N) is 1. The minimum Gasteiger partial charge on any atom is -0.488 e. The number of rotatable bonds is 8. The molecule has 0 aliphatic rings. The third-order valence-corrected chi connectivity index (χ3v) is 6.32. The summed E-state index contributed by atoms with van der Waals surface area (Å²) >= 11 is 3.79. The lowest BCUT2D eigenvalue weighted by Gasteiger charge is -2.15. The quantitative estimate of drug-likeness (QED) is 0.286. The molecule has 4 aromatic carbocycles. The first kappa shape index (κ1) is 22.6. The van der Waals surface area contributed by atoms with Gasteiger partial charge in [-0.25, -0.2) is 0 Å². The van der Waals surface area contributed by atoms with E-state index in [9.17, 15) is 0 Å². The Balaban J connectivity index is 1.48. The zero-order valence-corrected chi connectivity index (χ0v) is 19.7. The van der Waals surface area contributed by atoms with Gasteiger partial charge in [0.15, 0.2) is 0 Å². The van der Waals surface area contributed by atoms with Gasteiger partial charge in [-0.15, -0.1) is 0 Å². The maximum atomic E-state index is 9.10. The van der Waals surface area contributed by atoms with Gasteiger partial charge < -0.3 is 15.8 Å². The molecule has 0 spiro atoms. The average Bonchev–Trinajstić information content (AvgIpc) is 2.87. The van der Waals surface area contributed by atoms with E-state index in [0.29, 0.717) is 25.3 Å². The predicted octanol–water partition coefficient (Wildman–Crippen LogP) is 6.64. The van der Waals surface area contributed by atoms with Crippen LogP contribution in [0, 0.1) is 11.3 Å². The van der Waals surface area contributed by atoms with Gasteiger partial charge in [-0.1, -0.05) is 66.7 Å². The van der Waals surface area contributed by atoms with Crippen molar-refractivity contribution in [2.75, 3.05) is 5.32 Å². The fourth-order valence-electron chi connectivity index (χ4n) is 3.61. The minimum atomic E-state index is 0.372. The fourth-order valence-corrected chi connectivity index (χ4v) is 4.25. The highest BCUT2D eigenvalue weighted by Gasteiger charge is 2.09. The zero-order valence-electron chi connectivity index (χ0n) is 18.1. The first-order valence-electron chi connectivity index (χ1n) is 10.7. The Bertz CT molecular complexity index is 1280. The van der Waals surface area contributed by atoms with E-state index in [-0.39, 0.29) is 0 Å². The number of anilines is 1. The Morgan fingerprint density at radius 1 is 0.879 bits per heavy atom. The van der Waals surface area contributed by atoms with E-state index in [1.165, 1.54) is 5.56 Å². The fraction of sp³-hybridized carbons (Fsp3) is 0.107. The number of nitriles is 1. The van der Waals surface area contributed by atoms with E-state index in [0.717, 1.165) is 38.2 Å². The summed E-state index contributed by atoms with van der Waals surface area (Å²) in [5, 5.41) is 12.6. The summed E-state index contributed by atoms with van der Waals surface area (Å²) in [5.74, 6) is 0.738. The summed E-state index contributed by atoms with van der Waals surface area (Å²) in [6, 6.07) is 32.2. The molecule has 33 heavy (non-hydrogen) atoms. The van der Waals surface area contributed by atoms with Crippen LogP contribution < -0.4 is 15.8 Å². The van der Waals surface area contributed by atoms with Crippen molar-refractivity contribution in [2.24, 2.45) is 5.73 Å². The maximum absolute atomic E-state index is 9.10. The van der Waals surface area contributed by atoms with Crippen molar-refractivity contribution in [2.45, 2.75) is 19.7 Å². The van der Waals surface area contributed by atoms with E-state index < -0.39 is 0 Å². The lowest BCUT2D eigenvalue weighted by atomic mass is 10.0. The second kappa shape index (κ2) is 10.8. The van der Waals surface area contributed by atoms with E-state index in [2.05, 4.69) is 57.6 Å². The predicted molar refractivity (Wildman–Crippen MR) is 137 cm³/mol. The molecular formula is C28H24BrN3O. The molecule has 3 N–H and O–H groups in total. The summed E-state index contributed by atoms with van der Waals surface area (Å²) < 4.78 is 7.15. The van der Waals surface area contributed by atoms with Gasteiger partial charge in [0.25, 0.3) is 0 Å². The third kappa shape index (κ3) is 5.61. The molecule has 0 aromatic heterocycles. The van der Waals surface area contributed by atoms with Crippen molar-refractivity contribution in [3.05, 3.63) is 118 Å². The number of hydrogen-bond acceptors (Lipinski definition) is 4. The molecule has 0 atom stereocenters. The SMILES string of the molecule is N#Cc1cccc(COc2cc(NCc3cccc(-c4ccccc4)c3Br)ccc2CN)c1. The van der Waals surface area contributed by atoms with Crippen LogP contribution in [0.2, 0.25) is 0 Å². The molecule has 5 heteroatoms. The van der Waals surface area contributed by atoms with Gasteiger partial charge in [0, 0.05) is 34.9 Å². The Hall–Kier alpha value is -3.59. The van der Waals surface area contributed by atoms with Crippen LogP contribution in [0.3, 0.4) is 0 Å². The highest BCUT2D eigenvalue weighted by atomic mass is 79.9. The molecule has 0 bridgehead atoms. The van der Waals surface area contributed by atoms with Crippen LogP contribution >= 0.6 is 15.9 Å². The van der Waals surface area contributed by atoms with Crippen LogP contribution in [0.5, 0.6) is 5.75 Å². The van der Waals surface area contributed by atoms with Crippen molar-refractivity contribution >= 4 is 21.6 Å².